The molecule has 1 N–H and O–H groups in total. The number of aryl methyl sites for hydroxylation is 1. The second-order valence-corrected chi connectivity index (χ2v) is 4.52. The molecule has 1 aliphatic rings. The molecule has 1 aliphatic heterocycles. The van der Waals surface area contributed by atoms with Crippen LogP contribution in [-0.4, -0.2) is 19.3 Å². The Kier molecular flexibility index (Phi) is 4.13. The van der Waals surface area contributed by atoms with Crippen molar-refractivity contribution in [2.45, 2.75) is 32.4 Å². The predicted octanol–water partition coefficient (Wildman–Crippen LogP) is 2.14. The van der Waals surface area contributed by atoms with Crippen molar-refractivity contribution >= 4 is 0 Å². The van der Waals surface area contributed by atoms with Gasteiger partial charge in [-0.1, -0.05) is 6.07 Å². The van der Waals surface area contributed by atoms with Gasteiger partial charge in [0.15, 0.2) is 0 Å². The van der Waals surface area contributed by atoms with E-state index in [1.165, 1.54) is 24.0 Å². The lowest BCUT2D eigenvalue weighted by molar-refractivity contribution is 0.110. The van der Waals surface area contributed by atoms with Gasteiger partial charge in [-0.15, -0.1) is 0 Å². The number of hydrogen-bond donors (Lipinski definition) is 1. The summed E-state index contributed by atoms with van der Waals surface area (Å²) < 4.78 is 5.55. The van der Waals surface area contributed by atoms with E-state index in [1.807, 2.05) is 25.1 Å². The maximum atomic E-state index is 8.79. The van der Waals surface area contributed by atoms with Gasteiger partial charge in [0.1, 0.15) is 0 Å². The smallest absolute Gasteiger partial charge is 0.0991 e. The molecule has 1 saturated heterocycles. The number of hydrogen-bond acceptors (Lipinski definition) is 3. The van der Waals surface area contributed by atoms with Crippen molar-refractivity contribution in [2.24, 2.45) is 0 Å². The van der Waals surface area contributed by atoms with Gasteiger partial charge in [0.2, 0.25) is 0 Å². The zero-order chi connectivity index (χ0) is 12.1. The maximum absolute atomic E-state index is 8.79. The largest absolute Gasteiger partial charge is 0.377 e. The lowest BCUT2D eigenvalue weighted by Gasteiger charge is -2.12. The van der Waals surface area contributed by atoms with Crippen LogP contribution < -0.4 is 5.32 Å². The van der Waals surface area contributed by atoms with E-state index in [4.69, 9.17) is 10.00 Å². The van der Waals surface area contributed by atoms with E-state index >= 15 is 0 Å². The number of ether oxygens (including phenoxy) is 1. The van der Waals surface area contributed by atoms with Crippen molar-refractivity contribution in [3.63, 3.8) is 0 Å². The van der Waals surface area contributed by atoms with Gasteiger partial charge in [-0.3, -0.25) is 0 Å². The van der Waals surface area contributed by atoms with Crippen molar-refractivity contribution in [3.05, 3.63) is 34.9 Å². The van der Waals surface area contributed by atoms with Crippen molar-refractivity contribution in [1.82, 2.24) is 5.32 Å². The zero-order valence-corrected chi connectivity index (χ0v) is 10.2. The molecular weight excluding hydrogens is 212 g/mol. The Bertz CT molecular complexity index is 417. The standard InChI is InChI=1S/C14H18N2O/c1-11-7-12(8-15)4-5-13(11)9-16-10-14-3-2-6-17-14/h4-5,7,14,16H,2-3,6,9-10H2,1H3. The normalized spacial score (nSPS) is 19.2. The van der Waals surface area contributed by atoms with Gasteiger partial charge in [0.25, 0.3) is 0 Å². The topological polar surface area (TPSA) is 45.0 Å². The van der Waals surface area contributed by atoms with E-state index < -0.39 is 0 Å². The van der Waals surface area contributed by atoms with Gasteiger partial charge in [0.05, 0.1) is 17.7 Å². The summed E-state index contributed by atoms with van der Waals surface area (Å²) in [7, 11) is 0. The van der Waals surface area contributed by atoms with Crippen LogP contribution in [0.3, 0.4) is 0 Å². The average Bonchev–Trinajstić information content (AvgIpc) is 2.84. The Labute approximate surface area is 102 Å². The van der Waals surface area contributed by atoms with E-state index in [-0.39, 0.29) is 0 Å². The molecule has 0 radical (unpaired) electrons. The third-order valence-electron chi connectivity index (χ3n) is 3.18. The summed E-state index contributed by atoms with van der Waals surface area (Å²) in [6, 6.07) is 7.98. The molecule has 0 aliphatic carbocycles. The van der Waals surface area contributed by atoms with Crippen LogP contribution in [0.4, 0.5) is 0 Å². The SMILES string of the molecule is Cc1cc(C#N)ccc1CNCC1CCCO1. The molecule has 3 nitrogen and oxygen atoms in total. The first-order valence-electron chi connectivity index (χ1n) is 6.11. The minimum atomic E-state index is 0.383. The van der Waals surface area contributed by atoms with Gasteiger partial charge in [-0.05, 0) is 43.0 Å². The van der Waals surface area contributed by atoms with Crippen LogP contribution in [0.25, 0.3) is 0 Å². The summed E-state index contributed by atoms with van der Waals surface area (Å²) in [6.45, 7) is 4.71. The molecule has 1 aromatic carbocycles. The minimum absolute atomic E-state index is 0.383. The van der Waals surface area contributed by atoms with Crippen LogP contribution in [-0.2, 0) is 11.3 Å². The molecule has 1 aromatic rings. The van der Waals surface area contributed by atoms with Gasteiger partial charge in [-0.25, -0.2) is 0 Å². The molecule has 0 amide bonds. The first-order valence-corrected chi connectivity index (χ1v) is 6.11. The number of nitriles is 1. The van der Waals surface area contributed by atoms with Crippen molar-refractivity contribution in [2.75, 3.05) is 13.2 Å². The highest BCUT2D eigenvalue weighted by molar-refractivity contribution is 5.37. The molecule has 1 heterocycles. The highest BCUT2D eigenvalue weighted by Gasteiger charge is 2.14. The average molecular weight is 230 g/mol. The number of rotatable bonds is 4. The Morgan fingerprint density at radius 1 is 1.53 bits per heavy atom. The molecule has 90 valence electrons. The molecule has 1 fully saturated rings. The van der Waals surface area contributed by atoms with Crippen LogP contribution in [0.2, 0.25) is 0 Å². The third kappa shape index (κ3) is 3.29. The van der Waals surface area contributed by atoms with Gasteiger partial charge >= 0.3 is 0 Å². The number of benzene rings is 1. The molecule has 0 bridgehead atoms. The Morgan fingerprint density at radius 2 is 2.41 bits per heavy atom. The van der Waals surface area contributed by atoms with Crippen LogP contribution in [0.5, 0.6) is 0 Å². The monoisotopic (exact) mass is 230 g/mol. The van der Waals surface area contributed by atoms with Crippen LogP contribution >= 0.6 is 0 Å². The first-order chi connectivity index (χ1) is 8.29. The Hall–Kier alpha value is -1.37. The second kappa shape index (κ2) is 5.81. The molecule has 0 aromatic heterocycles. The van der Waals surface area contributed by atoms with Crippen LogP contribution in [0, 0.1) is 18.3 Å². The Morgan fingerprint density at radius 3 is 3.06 bits per heavy atom. The quantitative estimate of drug-likeness (QED) is 0.862. The fourth-order valence-corrected chi connectivity index (χ4v) is 2.14. The zero-order valence-electron chi connectivity index (χ0n) is 10.2. The fraction of sp³-hybridized carbons (Fsp3) is 0.500. The molecule has 0 spiro atoms. The maximum Gasteiger partial charge on any atom is 0.0991 e. The van der Waals surface area contributed by atoms with E-state index in [9.17, 15) is 0 Å². The van der Waals surface area contributed by atoms with E-state index in [2.05, 4.69) is 11.4 Å². The lowest BCUT2D eigenvalue weighted by atomic mass is 10.1. The second-order valence-electron chi connectivity index (χ2n) is 4.52. The molecule has 1 unspecified atom stereocenters. The molecule has 3 heteroatoms. The van der Waals surface area contributed by atoms with Crippen LogP contribution in [0.1, 0.15) is 29.5 Å². The third-order valence-corrected chi connectivity index (χ3v) is 3.18. The van der Waals surface area contributed by atoms with Gasteiger partial charge in [0, 0.05) is 19.7 Å². The van der Waals surface area contributed by atoms with Crippen molar-refractivity contribution in [1.29, 1.82) is 5.26 Å². The highest BCUT2D eigenvalue weighted by atomic mass is 16.5. The Balaban J connectivity index is 1.84. The minimum Gasteiger partial charge on any atom is -0.377 e. The summed E-state index contributed by atoms with van der Waals surface area (Å²) in [6.07, 6.45) is 2.73. The van der Waals surface area contributed by atoms with E-state index in [0.29, 0.717) is 6.10 Å². The first kappa shape index (κ1) is 12.1. The number of nitrogens with one attached hydrogen (secondary N) is 1. The van der Waals surface area contributed by atoms with Gasteiger partial charge < -0.3 is 10.1 Å². The van der Waals surface area contributed by atoms with Gasteiger partial charge in [-0.2, -0.15) is 5.26 Å². The molecular formula is C14H18N2O. The summed E-state index contributed by atoms with van der Waals surface area (Å²) >= 11 is 0. The van der Waals surface area contributed by atoms with E-state index in [1.54, 1.807) is 0 Å². The molecule has 17 heavy (non-hydrogen) atoms. The highest BCUT2D eigenvalue weighted by Crippen LogP contribution is 2.12. The molecule has 2 rings (SSSR count). The summed E-state index contributed by atoms with van der Waals surface area (Å²) in [5.41, 5.74) is 3.15. The summed E-state index contributed by atoms with van der Waals surface area (Å²) in [5.74, 6) is 0. The summed E-state index contributed by atoms with van der Waals surface area (Å²) in [5, 5.41) is 12.2. The van der Waals surface area contributed by atoms with Crippen molar-refractivity contribution in [3.8, 4) is 6.07 Å². The van der Waals surface area contributed by atoms with Crippen LogP contribution in [0.15, 0.2) is 18.2 Å². The lowest BCUT2D eigenvalue weighted by Crippen LogP contribution is -2.26. The fourth-order valence-electron chi connectivity index (χ4n) is 2.14. The predicted molar refractivity (Wildman–Crippen MR) is 66.6 cm³/mol. The van der Waals surface area contributed by atoms with Crippen molar-refractivity contribution < 1.29 is 4.74 Å². The summed E-state index contributed by atoms with van der Waals surface area (Å²) in [4.78, 5) is 0. The molecule has 1 atom stereocenters. The van der Waals surface area contributed by atoms with E-state index in [0.717, 1.165) is 25.3 Å². The number of nitrogens with zero attached hydrogens (tertiary/aromatic N) is 1. The molecule has 0 saturated carbocycles.